The predicted molar refractivity (Wildman–Crippen MR) is 310 cm³/mol. The molecular weight excluding hydrogens is 1430 g/mol. The van der Waals surface area contributed by atoms with Gasteiger partial charge in [0.05, 0.1) is 52.9 Å². The van der Waals surface area contributed by atoms with Gasteiger partial charge in [-0.25, -0.2) is 4.18 Å². The van der Waals surface area contributed by atoms with E-state index in [1.54, 1.807) is 0 Å². The maximum atomic E-state index is 12.9. The summed E-state index contributed by atoms with van der Waals surface area (Å²) in [6.07, 6.45) is -78.5. The molecule has 0 aliphatic carbocycles. The van der Waals surface area contributed by atoms with Crippen molar-refractivity contribution in [2.75, 3.05) is 52.9 Å². The van der Waals surface area contributed by atoms with E-state index in [9.17, 15) is 140 Å². The zero-order valence-electron chi connectivity index (χ0n) is 54.0. The Hall–Kier alpha value is -3.20. The summed E-state index contributed by atoms with van der Waals surface area (Å²) in [5, 5.41) is 250. The molecule has 0 unspecified atom stereocenters. The van der Waals surface area contributed by atoms with Crippen LogP contribution in [-0.4, -0.2) is 441 Å². The van der Waals surface area contributed by atoms with Crippen molar-refractivity contribution in [2.45, 2.75) is 266 Å². The van der Waals surface area contributed by atoms with Crippen LogP contribution in [0.4, 0.5) is 0 Å². The van der Waals surface area contributed by atoms with E-state index < -0.39 is 326 Å². The monoisotopic (exact) mass is 1520 g/mol. The van der Waals surface area contributed by atoms with Crippen LogP contribution in [0.3, 0.4) is 0 Å². The summed E-state index contributed by atoms with van der Waals surface area (Å²) in [5.41, 5.74) is 0. The van der Waals surface area contributed by atoms with Crippen molar-refractivity contribution < 1.29 is 215 Å². The molecule has 26 N–H and O–H groups in total. The molecule has 3 amide bonds. The Kier molecular flexibility index (Phi) is 30.1. The van der Waals surface area contributed by atoms with E-state index >= 15 is 0 Å². The lowest BCUT2D eigenvalue weighted by molar-refractivity contribution is -0.396. The Bertz CT molecular complexity index is 2780. The highest BCUT2D eigenvalue weighted by Crippen LogP contribution is 2.39. The Morgan fingerprint density at radius 3 is 1.12 bits per heavy atom. The molecular formula is C54H91N3O44S. The van der Waals surface area contributed by atoms with E-state index in [-0.39, 0.29) is 0 Å². The first-order valence-electron chi connectivity index (χ1n) is 31.8. The standard InChI is InChI=1S/C54H91N3O44S/c1-12(64)55-23-32(73)41(18(7-61)88-47(23)82)96-49-25(57-14(3)66)33(74)42(19(8-62)92-49)97-53-40(81)45(99-54-46(35(76)28(69)17(6-60)91-54)100-48-24(56-13(2)65)31(72)26(67)15(4-58)89-48)30(71)22(95-53)11-87-51-39(80)44(98-52-37(78)34(75)27(68)16(5-59)90-52)29(70)21(94-51)10-86-50-38(79)36(77)43(20(9-63)93-50)101-102(83,84)85/h15-54,58-63,67-82H,4-11H2,1-3H3,(H,55,64)(H,56,65)(H,57,66)(H,83,84,85)/t15-,16-,17-,18-,19-,20-,21-,22-,23-,24-,25-,26-,27-,28-,29-,30-,31-,32-,33-,34+,35+,36-,37+,38+,39+,40+,41-,42-,43-,44+,45+,46+,47-,48+,49+,50+,51+,52-,53+,54-/m1/s1. The van der Waals surface area contributed by atoms with Gasteiger partial charge in [-0.3, -0.25) is 18.9 Å². The second-order valence-corrected chi connectivity index (χ2v) is 26.2. The fourth-order valence-electron chi connectivity index (χ4n) is 12.7. The molecule has 8 aliphatic rings. The van der Waals surface area contributed by atoms with E-state index in [2.05, 4.69) is 20.1 Å². The van der Waals surface area contributed by atoms with Crippen molar-refractivity contribution in [2.24, 2.45) is 0 Å². The highest BCUT2D eigenvalue weighted by Gasteiger charge is 2.60. The number of ether oxygens (including phenoxy) is 15. The highest BCUT2D eigenvalue weighted by molar-refractivity contribution is 7.80. The van der Waals surface area contributed by atoms with E-state index in [4.69, 9.17) is 71.1 Å². The van der Waals surface area contributed by atoms with Crippen LogP contribution in [0.5, 0.6) is 0 Å². The van der Waals surface area contributed by atoms with Gasteiger partial charge in [-0.1, -0.05) is 0 Å². The SMILES string of the molecule is CC(=O)N[C@@H]1[C@@H](O)[C@H](O[C@@H]2O[C@H](CO)[C@@H](O[C@@H]3O[C@H](CO[C@H]4O[C@H](CO[C@H]5O[C@H](CO)[C@@H](OS(=O)(=O)O)[C@H](O)[C@@H]5O)[C@@H](O)[C@H](O[C@H]5O[C@H](CO)[C@@H](O)[C@H](O)[C@@H]5O)[C@@H]4O)[C@@H](O)[C@H](O[C@H]4O[C@H](CO)[C@@H](O)[C@H](O)[C@@H]4O[C@@H]4O[C@H](CO)[C@@H](O)[C@H](O)[C@H]4NC(C)=O)[C@@H]3O)[C@H](O)[C@H]2NC(C)=O)[C@@H](CO)O[C@H]1O. The van der Waals surface area contributed by atoms with Crippen LogP contribution in [-0.2, 0) is 100 Å². The van der Waals surface area contributed by atoms with Crippen molar-refractivity contribution in [3.63, 3.8) is 0 Å². The molecule has 8 fully saturated rings. The second kappa shape index (κ2) is 36.3. The zero-order chi connectivity index (χ0) is 75.4. The number of hydrogen-bond acceptors (Lipinski definition) is 43. The van der Waals surface area contributed by atoms with Crippen molar-refractivity contribution in [3.8, 4) is 0 Å². The molecule has 0 spiro atoms. The van der Waals surface area contributed by atoms with E-state index in [1.807, 2.05) is 0 Å². The van der Waals surface area contributed by atoms with Gasteiger partial charge < -0.3 is 199 Å². The molecule has 8 rings (SSSR count). The Labute approximate surface area is 576 Å². The summed E-state index contributed by atoms with van der Waals surface area (Å²) in [6.45, 7) is -5.93. The van der Waals surface area contributed by atoms with Crippen LogP contribution >= 0.6 is 0 Å². The van der Waals surface area contributed by atoms with Gasteiger partial charge in [0.25, 0.3) is 0 Å². The van der Waals surface area contributed by atoms with E-state index in [0.717, 1.165) is 20.8 Å². The zero-order valence-corrected chi connectivity index (χ0v) is 54.8. The minimum atomic E-state index is -5.39. The Morgan fingerprint density at radius 1 is 0.304 bits per heavy atom. The first kappa shape index (κ1) is 84.4. The number of hydrogen-bond donors (Lipinski definition) is 26. The molecule has 8 heterocycles. The number of nitrogens with one attached hydrogen (secondary N) is 3. The molecule has 47 nitrogen and oxygen atoms in total. The molecule has 0 aromatic rings. The van der Waals surface area contributed by atoms with Gasteiger partial charge in [0.15, 0.2) is 50.3 Å². The summed E-state index contributed by atoms with van der Waals surface area (Å²) in [6, 6.07) is -5.33. The molecule has 8 aliphatic heterocycles. The van der Waals surface area contributed by atoms with Crippen LogP contribution in [0.25, 0.3) is 0 Å². The van der Waals surface area contributed by atoms with Gasteiger partial charge >= 0.3 is 10.4 Å². The maximum Gasteiger partial charge on any atom is 0.397 e. The maximum absolute atomic E-state index is 12.9. The van der Waals surface area contributed by atoms with Crippen molar-refractivity contribution in [3.05, 3.63) is 0 Å². The summed E-state index contributed by atoms with van der Waals surface area (Å²) in [4.78, 5) is 37.4. The summed E-state index contributed by atoms with van der Waals surface area (Å²) in [5.74, 6) is -2.59. The molecule has 40 atom stereocenters. The van der Waals surface area contributed by atoms with Crippen LogP contribution in [0, 0.1) is 0 Å². The van der Waals surface area contributed by atoms with E-state index in [1.165, 1.54) is 0 Å². The van der Waals surface area contributed by atoms with Crippen LogP contribution in [0.2, 0.25) is 0 Å². The molecule has 102 heavy (non-hydrogen) atoms. The largest absolute Gasteiger partial charge is 0.397 e. The first-order chi connectivity index (χ1) is 48.0. The lowest BCUT2D eigenvalue weighted by atomic mass is 9.94. The van der Waals surface area contributed by atoms with Crippen LogP contribution in [0.15, 0.2) is 0 Å². The van der Waals surface area contributed by atoms with Crippen LogP contribution in [0.1, 0.15) is 20.8 Å². The van der Waals surface area contributed by atoms with Gasteiger partial charge in [0, 0.05) is 20.8 Å². The van der Waals surface area contributed by atoms with Gasteiger partial charge in [0.2, 0.25) is 17.7 Å². The van der Waals surface area contributed by atoms with Gasteiger partial charge in [-0.05, 0) is 0 Å². The topological polar surface area (TPSA) is 734 Å². The normalized spacial score (nSPS) is 48.2. The number of rotatable bonds is 27. The summed E-state index contributed by atoms with van der Waals surface area (Å²) >= 11 is 0. The third-order valence-electron chi connectivity index (χ3n) is 18.0. The van der Waals surface area contributed by atoms with Gasteiger partial charge in [0.1, 0.15) is 195 Å². The fourth-order valence-corrected chi connectivity index (χ4v) is 13.2. The number of amides is 3. The lowest BCUT2D eigenvalue weighted by Gasteiger charge is -2.51. The number of carbonyl (C=O) groups excluding carboxylic acids is 3. The Morgan fingerprint density at radius 2 is 0.618 bits per heavy atom. The Balaban J connectivity index is 1.14. The number of aliphatic hydroxyl groups excluding tert-OH is 22. The number of aliphatic hydroxyl groups is 22. The third kappa shape index (κ3) is 19.1. The molecule has 0 saturated carbocycles. The molecule has 8 saturated heterocycles. The molecule has 592 valence electrons. The van der Waals surface area contributed by atoms with Gasteiger partial charge in [-0.15, -0.1) is 0 Å². The lowest BCUT2D eigenvalue weighted by Crippen LogP contribution is -2.70. The predicted octanol–water partition coefficient (Wildman–Crippen LogP) is -18.2. The average Bonchev–Trinajstić information content (AvgIpc) is 0.771. The minimum absolute atomic E-state index is 0.783. The van der Waals surface area contributed by atoms with Crippen LogP contribution < -0.4 is 16.0 Å². The molecule has 0 bridgehead atoms. The smallest absolute Gasteiger partial charge is 0.394 e. The first-order valence-corrected chi connectivity index (χ1v) is 33.2. The van der Waals surface area contributed by atoms with Crippen molar-refractivity contribution in [1.29, 1.82) is 0 Å². The molecule has 0 aromatic carbocycles. The van der Waals surface area contributed by atoms with E-state index in [0.29, 0.717) is 0 Å². The van der Waals surface area contributed by atoms with Crippen molar-refractivity contribution in [1.82, 2.24) is 16.0 Å². The third-order valence-corrected chi connectivity index (χ3v) is 18.5. The minimum Gasteiger partial charge on any atom is -0.394 e. The number of carbonyl (C=O) groups is 3. The molecule has 0 radical (unpaired) electrons. The summed E-state index contributed by atoms with van der Waals surface area (Å²) < 4.78 is 124. The van der Waals surface area contributed by atoms with Crippen molar-refractivity contribution >= 4 is 28.1 Å². The highest BCUT2D eigenvalue weighted by atomic mass is 32.3. The second-order valence-electron chi connectivity index (χ2n) is 25.2. The fraction of sp³-hybridized carbons (Fsp3) is 0.944. The molecule has 0 aromatic heterocycles. The van der Waals surface area contributed by atoms with Gasteiger partial charge in [-0.2, -0.15) is 8.42 Å². The molecule has 48 heteroatoms. The average molecular weight is 1520 g/mol. The quantitative estimate of drug-likeness (QED) is 0.0340. The summed E-state index contributed by atoms with van der Waals surface area (Å²) in [7, 11) is -5.39.